The van der Waals surface area contributed by atoms with E-state index in [2.05, 4.69) is 27.0 Å². The van der Waals surface area contributed by atoms with Crippen LogP contribution in [0.1, 0.15) is 22.9 Å². The van der Waals surface area contributed by atoms with Gasteiger partial charge in [-0.25, -0.2) is 0 Å². The molecular weight excluding hydrogens is 276 g/mol. The van der Waals surface area contributed by atoms with E-state index in [9.17, 15) is 0 Å². The smallest absolute Gasteiger partial charge is 0.0422 e. The van der Waals surface area contributed by atoms with Gasteiger partial charge in [-0.3, -0.25) is 4.98 Å². The molecule has 0 aliphatic rings. The molecular formula is C14H15BrN2. The molecule has 1 aromatic heterocycles. The van der Waals surface area contributed by atoms with E-state index < -0.39 is 0 Å². The first kappa shape index (κ1) is 12.3. The molecule has 2 rings (SSSR count). The molecule has 0 saturated heterocycles. The third-order valence-corrected chi connectivity index (χ3v) is 3.23. The Morgan fingerprint density at radius 2 is 1.88 bits per heavy atom. The Labute approximate surface area is 110 Å². The van der Waals surface area contributed by atoms with Crippen LogP contribution in [-0.2, 0) is 6.42 Å². The lowest BCUT2D eigenvalue weighted by atomic mass is 10.0. The maximum absolute atomic E-state index is 6.16. The Kier molecular flexibility index (Phi) is 3.92. The number of hydrogen-bond acceptors (Lipinski definition) is 2. The molecule has 0 aliphatic heterocycles. The molecule has 0 radical (unpaired) electrons. The number of nitrogens with two attached hydrogens (primary N) is 1. The normalized spacial score (nSPS) is 12.4. The van der Waals surface area contributed by atoms with Crippen molar-refractivity contribution in [1.29, 1.82) is 0 Å². The molecule has 1 aromatic carbocycles. The van der Waals surface area contributed by atoms with Crippen LogP contribution in [0.3, 0.4) is 0 Å². The number of halogens is 1. The summed E-state index contributed by atoms with van der Waals surface area (Å²) in [6.45, 7) is 2.03. The zero-order valence-corrected chi connectivity index (χ0v) is 11.3. The molecule has 2 aromatic rings. The van der Waals surface area contributed by atoms with Gasteiger partial charge in [0, 0.05) is 28.8 Å². The van der Waals surface area contributed by atoms with E-state index in [1.165, 1.54) is 5.56 Å². The lowest BCUT2D eigenvalue weighted by molar-refractivity contribution is 0.706. The molecule has 1 heterocycles. The second kappa shape index (κ2) is 5.43. The van der Waals surface area contributed by atoms with Crippen molar-refractivity contribution in [2.24, 2.45) is 5.73 Å². The van der Waals surface area contributed by atoms with Gasteiger partial charge in [0.25, 0.3) is 0 Å². The average Bonchev–Trinajstić information content (AvgIpc) is 2.33. The minimum Gasteiger partial charge on any atom is -0.324 e. The molecule has 0 spiro atoms. The van der Waals surface area contributed by atoms with Crippen LogP contribution in [0, 0.1) is 6.92 Å². The van der Waals surface area contributed by atoms with Gasteiger partial charge in [0.15, 0.2) is 0 Å². The van der Waals surface area contributed by atoms with Crippen LogP contribution in [0.15, 0.2) is 47.1 Å². The Balaban J connectivity index is 2.08. The van der Waals surface area contributed by atoms with Gasteiger partial charge in [0.2, 0.25) is 0 Å². The number of aryl methyl sites for hydroxylation is 1. The van der Waals surface area contributed by atoms with Gasteiger partial charge >= 0.3 is 0 Å². The minimum absolute atomic E-state index is 0.00157. The largest absolute Gasteiger partial charge is 0.324 e. The Bertz CT molecular complexity index is 477. The number of nitrogens with zero attached hydrogens (tertiary/aromatic N) is 1. The molecule has 0 aliphatic carbocycles. The first-order chi connectivity index (χ1) is 8.15. The van der Waals surface area contributed by atoms with E-state index in [1.54, 1.807) is 0 Å². The molecule has 0 saturated carbocycles. The van der Waals surface area contributed by atoms with E-state index in [1.807, 2.05) is 43.5 Å². The predicted octanol–water partition coefficient (Wildman–Crippen LogP) is 3.40. The first-order valence-corrected chi connectivity index (χ1v) is 6.37. The first-order valence-electron chi connectivity index (χ1n) is 5.58. The second-order valence-electron chi connectivity index (χ2n) is 4.19. The van der Waals surface area contributed by atoms with Crippen LogP contribution in [0.2, 0.25) is 0 Å². The maximum atomic E-state index is 6.16. The molecule has 17 heavy (non-hydrogen) atoms. The third kappa shape index (κ3) is 3.38. The van der Waals surface area contributed by atoms with Crippen molar-refractivity contribution < 1.29 is 0 Å². The summed E-state index contributed by atoms with van der Waals surface area (Å²) in [5, 5.41) is 0. The lowest BCUT2D eigenvalue weighted by Crippen LogP contribution is -2.13. The van der Waals surface area contributed by atoms with Gasteiger partial charge in [0.05, 0.1) is 0 Å². The van der Waals surface area contributed by atoms with Crippen LogP contribution in [0.25, 0.3) is 0 Å². The number of benzene rings is 1. The van der Waals surface area contributed by atoms with Gasteiger partial charge in [-0.2, -0.15) is 0 Å². The summed E-state index contributed by atoms with van der Waals surface area (Å²) in [5.41, 5.74) is 9.50. The predicted molar refractivity (Wildman–Crippen MR) is 73.7 cm³/mol. The summed E-state index contributed by atoms with van der Waals surface area (Å²) in [5.74, 6) is 0. The van der Waals surface area contributed by atoms with Crippen molar-refractivity contribution in [2.75, 3.05) is 0 Å². The van der Waals surface area contributed by atoms with E-state index in [0.717, 1.165) is 22.2 Å². The minimum atomic E-state index is -0.00157. The highest BCUT2D eigenvalue weighted by molar-refractivity contribution is 9.10. The van der Waals surface area contributed by atoms with Crippen molar-refractivity contribution >= 4 is 15.9 Å². The molecule has 3 heteroatoms. The SMILES string of the molecule is Cc1ccc(CC(N)c2ccc(Br)cc2)nc1. The molecule has 0 fully saturated rings. The van der Waals surface area contributed by atoms with Crippen molar-refractivity contribution in [3.05, 3.63) is 63.9 Å². The third-order valence-electron chi connectivity index (χ3n) is 2.70. The fourth-order valence-corrected chi connectivity index (χ4v) is 1.94. The highest BCUT2D eigenvalue weighted by Gasteiger charge is 2.07. The standard InChI is InChI=1S/C14H15BrN2/c1-10-2-7-13(17-9-10)8-14(16)11-3-5-12(15)6-4-11/h2-7,9,14H,8,16H2,1H3. The quantitative estimate of drug-likeness (QED) is 0.941. The molecule has 0 bridgehead atoms. The van der Waals surface area contributed by atoms with Crippen molar-refractivity contribution in [3.8, 4) is 0 Å². The highest BCUT2D eigenvalue weighted by Crippen LogP contribution is 2.18. The lowest BCUT2D eigenvalue weighted by Gasteiger charge is -2.11. The van der Waals surface area contributed by atoms with Gasteiger partial charge in [-0.05, 0) is 36.2 Å². The fraction of sp³-hybridized carbons (Fsp3) is 0.214. The molecule has 1 atom stereocenters. The van der Waals surface area contributed by atoms with E-state index in [-0.39, 0.29) is 6.04 Å². The number of rotatable bonds is 3. The highest BCUT2D eigenvalue weighted by atomic mass is 79.9. The molecule has 88 valence electrons. The van der Waals surface area contributed by atoms with Crippen LogP contribution < -0.4 is 5.73 Å². The molecule has 0 amide bonds. The fourth-order valence-electron chi connectivity index (χ4n) is 1.67. The summed E-state index contributed by atoms with van der Waals surface area (Å²) >= 11 is 3.42. The van der Waals surface area contributed by atoms with Crippen molar-refractivity contribution in [1.82, 2.24) is 4.98 Å². The molecule has 2 nitrogen and oxygen atoms in total. The van der Waals surface area contributed by atoms with E-state index >= 15 is 0 Å². The van der Waals surface area contributed by atoms with Gasteiger partial charge in [-0.15, -0.1) is 0 Å². The van der Waals surface area contributed by atoms with Crippen LogP contribution in [0.5, 0.6) is 0 Å². The Hall–Kier alpha value is -1.19. The molecule has 1 unspecified atom stereocenters. The van der Waals surface area contributed by atoms with Crippen molar-refractivity contribution in [2.45, 2.75) is 19.4 Å². The van der Waals surface area contributed by atoms with Gasteiger partial charge < -0.3 is 5.73 Å². The monoisotopic (exact) mass is 290 g/mol. The topological polar surface area (TPSA) is 38.9 Å². The number of aromatic nitrogens is 1. The summed E-state index contributed by atoms with van der Waals surface area (Å²) < 4.78 is 1.07. The summed E-state index contributed by atoms with van der Waals surface area (Å²) in [6, 6.07) is 12.2. The van der Waals surface area contributed by atoms with Crippen LogP contribution in [-0.4, -0.2) is 4.98 Å². The maximum Gasteiger partial charge on any atom is 0.0422 e. The average molecular weight is 291 g/mol. The zero-order valence-electron chi connectivity index (χ0n) is 9.73. The second-order valence-corrected chi connectivity index (χ2v) is 5.10. The zero-order chi connectivity index (χ0) is 12.3. The number of hydrogen-bond donors (Lipinski definition) is 1. The van der Waals surface area contributed by atoms with Gasteiger partial charge in [-0.1, -0.05) is 34.1 Å². The van der Waals surface area contributed by atoms with Gasteiger partial charge in [0.1, 0.15) is 0 Å². The summed E-state index contributed by atoms with van der Waals surface area (Å²) in [7, 11) is 0. The Morgan fingerprint density at radius 3 is 2.47 bits per heavy atom. The summed E-state index contributed by atoms with van der Waals surface area (Å²) in [4.78, 5) is 4.37. The van der Waals surface area contributed by atoms with Crippen molar-refractivity contribution in [3.63, 3.8) is 0 Å². The Morgan fingerprint density at radius 1 is 1.18 bits per heavy atom. The summed E-state index contributed by atoms with van der Waals surface area (Å²) in [6.07, 6.45) is 2.64. The van der Waals surface area contributed by atoms with E-state index in [0.29, 0.717) is 0 Å². The number of pyridine rings is 1. The van der Waals surface area contributed by atoms with E-state index in [4.69, 9.17) is 5.73 Å². The molecule has 2 N–H and O–H groups in total. The van der Waals surface area contributed by atoms with Crippen LogP contribution >= 0.6 is 15.9 Å². The van der Waals surface area contributed by atoms with Crippen LogP contribution in [0.4, 0.5) is 0 Å².